The molecule has 4 heteroatoms. The number of esters is 1. The van der Waals surface area contributed by atoms with E-state index in [9.17, 15) is 4.79 Å². The Morgan fingerprint density at radius 3 is 2.47 bits per heavy atom. The van der Waals surface area contributed by atoms with Gasteiger partial charge in [0.05, 0.1) is 13.2 Å². The standard InChI is InChI=1S/C11H18O4/c1-13-11(12)10(8-2-3-8)15-9-4-6-14-7-5-9/h8-10H,2-7H2,1H3. The molecule has 2 aliphatic rings. The molecule has 2 fully saturated rings. The molecule has 86 valence electrons. The minimum atomic E-state index is -0.335. The molecule has 4 nitrogen and oxygen atoms in total. The molecule has 0 radical (unpaired) electrons. The molecule has 15 heavy (non-hydrogen) atoms. The summed E-state index contributed by atoms with van der Waals surface area (Å²) in [4.78, 5) is 11.5. The van der Waals surface area contributed by atoms with Gasteiger partial charge >= 0.3 is 5.97 Å². The molecule has 1 heterocycles. The third-order valence-electron chi connectivity index (χ3n) is 2.99. The van der Waals surface area contributed by atoms with E-state index in [4.69, 9.17) is 14.2 Å². The Morgan fingerprint density at radius 1 is 1.27 bits per heavy atom. The molecule has 1 aliphatic carbocycles. The molecule has 0 amide bonds. The SMILES string of the molecule is COC(=O)C(OC1CCOCC1)C1CC1. The first kappa shape index (κ1) is 10.9. The molecule has 1 atom stereocenters. The lowest BCUT2D eigenvalue weighted by atomic mass is 10.1. The van der Waals surface area contributed by atoms with Crippen LogP contribution in [-0.4, -0.2) is 38.5 Å². The molecule has 0 aromatic heterocycles. The van der Waals surface area contributed by atoms with Crippen LogP contribution in [0.3, 0.4) is 0 Å². The van der Waals surface area contributed by atoms with Gasteiger partial charge < -0.3 is 14.2 Å². The summed E-state index contributed by atoms with van der Waals surface area (Å²) >= 11 is 0. The average molecular weight is 214 g/mol. The van der Waals surface area contributed by atoms with Crippen molar-refractivity contribution in [3.63, 3.8) is 0 Å². The Bertz CT molecular complexity index is 219. The maximum atomic E-state index is 11.5. The van der Waals surface area contributed by atoms with Crippen LogP contribution < -0.4 is 0 Å². The van der Waals surface area contributed by atoms with Gasteiger partial charge in [-0.1, -0.05) is 0 Å². The minimum Gasteiger partial charge on any atom is -0.467 e. The smallest absolute Gasteiger partial charge is 0.335 e. The number of hydrogen-bond acceptors (Lipinski definition) is 4. The molecule has 1 saturated heterocycles. The summed E-state index contributed by atoms with van der Waals surface area (Å²) in [6.45, 7) is 1.48. The number of carbonyl (C=O) groups is 1. The lowest BCUT2D eigenvalue weighted by Crippen LogP contribution is -2.35. The first-order chi connectivity index (χ1) is 7.31. The molecule has 0 spiro atoms. The molecule has 1 saturated carbocycles. The fourth-order valence-corrected chi connectivity index (χ4v) is 1.89. The van der Waals surface area contributed by atoms with Crippen molar-refractivity contribution >= 4 is 5.97 Å². The molecular weight excluding hydrogens is 196 g/mol. The van der Waals surface area contributed by atoms with Gasteiger partial charge in [0, 0.05) is 13.2 Å². The van der Waals surface area contributed by atoms with Crippen molar-refractivity contribution in [1.82, 2.24) is 0 Å². The van der Waals surface area contributed by atoms with Crippen LogP contribution in [0.5, 0.6) is 0 Å². The maximum absolute atomic E-state index is 11.5. The first-order valence-electron chi connectivity index (χ1n) is 5.62. The van der Waals surface area contributed by atoms with E-state index in [0.29, 0.717) is 5.92 Å². The number of methoxy groups -OCH3 is 1. The van der Waals surface area contributed by atoms with Gasteiger partial charge in [0.15, 0.2) is 6.10 Å². The van der Waals surface area contributed by atoms with Crippen LogP contribution in [0.4, 0.5) is 0 Å². The normalized spacial score (nSPS) is 24.9. The fraction of sp³-hybridized carbons (Fsp3) is 0.909. The Labute approximate surface area is 89.9 Å². The lowest BCUT2D eigenvalue weighted by Gasteiger charge is -2.26. The predicted molar refractivity (Wildman–Crippen MR) is 53.5 cm³/mol. The lowest BCUT2D eigenvalue weighted by molar-refractivity contribution is -0.163. The molecule has 1 aliphatic heterocycles. The summed E-state index contributed by atoms with van der Waals surface area (Å²) in [7, 11) is 1.42. The highest BCUT2D eigenvalue weighted by Crippen LogP contribution is 2.36. The summed E-state index contributed by atoms with van der Waals surface area (Å²) in [5.41, 5.74) is 0. The zero-order chi connectivity index (χ0) is 10.7. The Hall–Kier alpha value is -0.610. The summed E-state index contributed by atoms with van der Waals surface area (Å²) in [5, 5.41) is 0. The van der Waals surface area contributed by atoms with Crippen molar-refractivity contribution in [3.8, 4) is 0 Å². The quantitative estimate of drug-likeness (QED) is 0.658. The number of rotatable bonds is 4. The van der Waals surface area contributed by atoms with Crippen molar-refractivity contribution in [3.05, 3.63) is 0 Å². The van der Waals surface area contributed by atoms with Crippen LogP contribution in [0.1, 0.15) is 25.7 Å². The van der Waals surface area contributed by atoms with Crippen LogP contribution >= 0.6 is 0 Å². The Morgan fingerprint density at radius 2 is 1.93 bits per heavy atom. The summed E-state index contributed by atoms with van der Waals surface area (Å²) < 4.78 is 15.8. The van der Waals surface area contributed by atoms with Crippen LogP contribution in [0.2, 0.25) is 0 Å². The van der Waals surface area contributed by atoms with Gasteiger partial charge in [-0.2, -0.15) is 0 Å². The van der Waals surface area contributed by atoms with Crippen molar-refractivity contribution in [2.45, 2.75) is 37.9 Å². The topological polar surface area (TPSA) is 44.8 Å². The second-order valence-corrected chi connectivity index (χ2v) is 4.23. The number of ether oxygens (including phenoxy) is 3. The second-order valence-electron chi connectivity index (χ2n) is 4.23. The summed E-state index contributed by atoms with van der Waals surface area (Å²) in [5.74, 6) is 0.171. The first-order valence-corrected chi connectivity index (χ1v) is 5.62. The van der Waals surface area contributed by atoms with E-state index in [-0.39, 0.29) is 18.2 Å². The van der Waals surface area contributed by atoms with Gasteiger partial charge in [-0.25, -0.2) is 4.79 Å². The van der Waals surface area contributed by atoms with Gasteiger partial charge in [0.2, 0.25) is 0 Å². The fourth-order valence-electron chi connectivity index (χ4n) is 1.89. The van der Waals surface area contributed by atoms with Crippen LogP contribution in [0, 0.1) is 5.92 Å². The van der Waals surface area contributed by atoms with Crippen molar-refractivity contribution in [2.24, 2.45) is 5.92 Å². The van der Waals surface area contributed by atoms with Gasteiger partial charge in [-0.3, -0.25) is 0 Å². The van der Waals surface area contributed by atoms with E-state index in [1.807, 2.05) is 0 Å². The van der Waals surface area contributed by atoms with E-state index >= 15 is 0 Å². The zero-order valence-electron chi connectivity index (χ0n) is 9.11. The van der Waals surface area contributed by atoms with Gasteiger partial charge in [0.25, 0.3) is 0 Å². The summed E-state index contributed by atoms with van der Waals surface area (Å²) in [6, 6.07) is 0. The van der Waals surface area contributed by atoms with Crippen LogP contribution in [-0.2, 0) is 19.0 Å². The van der Waals surface area contributed by atoms with Crippen molar-refractivity contribution in [2.75, 3.05) is 20.3 Å². The predicted octanol–water partition coefficient (Wildman–Crippen LogP) is 1.13. The van der Waals surface area contributed by atoms with Crippen LogP contribution in [0.25, 0.3) is 0 Å². The Kier molecular flexibility index (Phi) is 3.59. The largest absolute Gasteiger partial charge is 0.467 e. The summed E-state index contributed by atoms with van der Waals surface area (Å²) in [6.07, 6.45) is 3.79. The highest BCUT2D eigenvalue weighted by atomic mass is 16.6. The third kappa shape index (κ3) is 2.92. The number of hydrogen-bond donors (Lipinski definition) is 0. The van der Waals surface area contributed by atoms with E-state index in [2.05, 4.69) is 0 Å². The second kappa shape index (κ2) is 4.94. The van der Waals surface area contributed by atoms with E-state index in [1.54, 1.807) is 0 Å². The monoisotopic (exact) mass is 214 g/mol. The average Bonchev–Trinajstić information content (AvgIpc) is 3.10. The number of carbonyl (C=O) groups excluding carboxylic acids is 1. The molecule has 0 aromatic rings. The van der Waals surface area contributed by atoms with E-state index < -0.39 is 0 Å². The third-order valence-corrected chi connectivity index (χ3v) is 2.99. The van der Waals surface area contributed by atoms with E-state index in [0.717, 1.165) is 38.9 Å². The minimum absolute atomic E-state index is 0.170. The Balaban J connectivity index is 1.84. The molecule has 0 aromatic carbocycles. The van der Waals surface area contributed by atoms with E-state index in [1.165, 1.54) is 7.11 Å². The molecule has 2 rings (SSSR count). The van der Waals surface area contributed by atoms with Gasteiger partial charge in [-0.15, -0.1) is 0 Å². The van der Waals surface area contributed by atoms with Crippen LogP contribution in [0.15, 0.2) is 0 Å². The molecule has 0 bridgehead atoms. The highest BCUT2D eigenvalue weighted by Gasteiger charge is 2.39. The van der Waals surface area contributed by atoms with Gasteiger partial charge in [0.1, 0.15) is 0 Å². The molecule has 1 unspecified atom stereocenters. The zero-order valence-corrected chi connectivity index (χ0v) is 9.11. The van der Waals surface area contributed by atoms with Crippen molar-refractivity contribution < 1.29 is 19.0 Å². The molecule has 0 N–H and O–H groups in total. The van der Waals surface area contributed by atoms with Gasteiger partial charge in [-0.05, 0) is 31.6 Å². The molecular formula is C11H18O4. The van der Waals surface area contributed by atoms with Crippen molar-refractivity contribution in [1.29, 1.82) is 0 Å². The highest BCUT2D eigenvalue weighted by molar-refractivity contribution is 5.75. The maximum Gasteiger partial charge on any atom is 0.335 e.